The Kier molecular flexibility index (Phi) is 9.42. The van der Waals surface area contributed by atoms with Gasteiger partial charge in [0, 0.05) is 19.4 Å². The number of rotatable bonds is 12. The van der Waals surface area contributed by atoms with Crippen molar-refractivity contribution in [1.82, 2.24) is 0 Å². The molecule has 0 heterocycles. The van der Waals surface area contributed by atoms with Crippen LogP contribution in [0.25, 0.3) is 0 Å². The third kappa shape index (κ3) is 6.89. The smallest absolute Gasteiger partial charge is 0.256 e. The monoisotopic (exact) mass is 337 g/mol. The van der Waals surface area contributed by atoms with Gasteiger partial charge in [0.2, 0.25) is 0 Å². The van der Waals surface area contributed by atoms with Gasteiger partial charge in [0.05, 0.1) is 6.61 Å². The van der Waals surface area contributed by atoms with Gasteiger partial charge >= 0.3 is 0 Å². The van der Waals surface area contributed by atoms with E-state index < -0.39 is 5.60 Å². The fourth-order valence-corrected chi connectivity index (χ4v) is 2.23. The van der Waals surface area contributed by atoms with Gasteiger partial charge in [0.25, 0.3) is 5.91 Å². The first kappa shape index (κ1) is 20.5. The number of anilines is 1. The molecule has 0 spiro atoms. The van der Waals surface area contributed by atoms with Crippen LogP contribution in [-0.2, 0) is 14.3 Å². The molecular formula is C19H31NO4. The summed E-state index contributed by atoms with van der Waals surface area (Å²) in [5.41, 5.74) is -0.0541. The second kappa shape index (κ2) is 11.0. The lowest BCUT2D eigenvalue weighted by Crippen LogP contribution is -2.43. The van der Waals surface area contributed by atoms with Crippen molar-refractivity contribution in [2.24, 2.45) is 0 Å². The third-order valence-corrected chi connectivity index (χ3v) is 3.78. The van der Waals surface area contributed by atoms with E-state index in [0.29, 0.717) is 26.2 Å². The minimum atomic E-state index is -0.792. The molecule has 24 heavy (non-hydrogen) atoms. The molecule has 0 saturated carbocycles. The first-order chi connectivity index (χ1) is 11.6. The minimum Gasteiger partial charge on any atom is -0.491 e. The van der Waals surface area contributed by atoms with E-state index in [1.165, 1.54) is 0 Å². The molecule has 1 rings (SSSR count). The molecule has 1 aromatic carbocycles. The van der Waals surface area contributed by atoms with Gasteiger partial charge in [-0.1, -0.05) is 26.7 Å². The molecule has 1 aromatic rings. The van der Waals surface area contributed by atoms with Crippen LogP contribution < -0.4 is 10.1 Å². The Morgan fingerprint density at radius 2 is 1.79 bits per heavy atom. The Morgan fingerprint density at radius 3 is 2.38 bits per heavy atom. The van der Waals surface area contributed by atoms with E-state index in [0.717, 1.165) is 30.7 Å². The van der Waals surface area contributed by atoms with E-state index in [1.54, 1.807) is 7.11 Å². The number of methoxy groups -OCH3 is 1. The quantitative estimate of drug-likeness (QED) is 0.585. The Labute approximate surface area is 145 Å². The lowest BCUT2D eigenvalue weighted by molar-refractivity contribution is -0.140. The van der Waals surface area contributed by atoms with Crippen molar-refractivity contribution >= 4 is 11.6 Å². The summed E-state index contributed by atoms with van der Waals surface area (Å²) in [5.74, 6) is 0.651. The summed E-state index contributed by atoms with van der Waals surface area (Å²) in [6, 6.07) is 7.34. The van der Waals surface area contributed by atoms with Gasteiger partial charge < -0.3 is 19.5 Å². The van der Waals surface area contributed by atoms with E-state index >= 15 is 0 Å². The lowest BCUT2D eigenvalue weighted by Gasteiger charge is -2.28. The number of amides is 1. The highest BCUT2D eigenvalue weighted by atomic mass is 16.5. The lowest BCUT2D eigenvalue weighted by atomic mass is 9.97. The average Bonchev–Trinajstić information content (AvgIpc) is 2.60. The van der Waals surface area contributed by atoms with Gasteiger partial charge in [0.1, 0.15) is 18.0 Å². The standard InChI is InChI=1S/C19H31NO4/c1-5-7-12-19(3,24-13-6-2)18(21)20-16-8-10-17(11-9-16)23-15-14-22-4/h8-11H,5-7,12-15H2,1-4H3,(H,20,21)/t19-/m1/s1. The summed E-state index contributed by atoms with van der Waals surface area (Å²) < 4.78 is 16.3. The van der Waals surface area contributed by atoms with Crippen LogP contribution in [-0.4, -0.2) is 38.4 Å². The number of benzene rings is 1. The number of ether oxygens (including phenoxy) is 3. The maximum Gasteiger partial charge on any atom is 0.256 e. The molecule has 0 saturated heterocycles. The van der Waals surface area contributed by atoms with Crippen molar-refractivity contribution in [3.05, 3.63) is 24.3 Å². The molecule has 1 amide bonds. The SMILES string of the molecule is CCCC[C@@](C)(OCCC)C(=O)Nc1ccc(OCCOC)cc1. The molecule has 0 fully saturated rings. The van der Waals surface area contributed by atoms with Gasteiger partial charge in [-0.25, -0.2) is 0 Å². The topological polar surface area (TPSA) is 56.8 Å². The van der Waals surface area contributed by atoms with E-state index in [2.05, 4.69) is 12.2 Å². The molecular weight excluding hydrogens is 306 g/mol. The highest BCUT2D eigenvalue weighted by molar-refractivity contribution is 5.97. The van der Waals surface area contributed by atoms with E-state index in [-0.39, 0.29) is 5.91 Å². The molecule has 0 aliphatic heterocycles. The Morgan fingerprint density at radius 1 is 1.08 bits per heavy atom. The van der Waals surface area contributed by atoms with Gasteiger partial charge in [-0.2, -0.15) is 0 Å². The van der Waals surface area contributed by atoms with Crippen molar-refractivity contribution in [3.8, 4) is 5.75 Å². The fourth-order valence-electron chi connectivity index (χ4n) is 2.23. The maximum atomic E-state index is 12.7. The van der Waals surface area contributed by atoms with E-state index in [1.807, 2.05) is 38.1 Å². The van der Waals surface area contributed by atoms with Crippen LogP contribution in [0.2, 0.25) is 0 Å². The average molecular weight is 337 g/mol. The highest BCUT2D eigenvalue weighted by Gasteiger charge is 2.33. The molecule has 0 aliphatic rings. The zero-order valence-electron chi connectivity index (χ0n) is 15.4. The van der Waals surface area contributed by atoms with Crippen LogP contribution >= 0.6 is 0 Å². The molecule has 136 valence electrons. The second-order valence-electron chi connectivity index (χ2n) is 6.00. The number of hydrogen-bond acceptors (Lipinski definition) is 4. The molecule has 5 nitrogen and oxygen atoms in total. The van der Waals surface area contributed by atoms with Crippen molar-refractivity contribution in [3.63, 3.8) is 0 Å². The zero-order valence-corrected chi connectivity index (χ0v) is 15.4. The van der Waals surface area contributed by atoms with Gasteiger partial charge in [-0.15, -0.1) is 0 Å². The molecule has 0 aliphatic carbocycles. The number of carbonyl (C=O) groups excluding carboxylic acids is 1. The van der Waals surface area contributed by atoms with Crippen LogP contribution in [0.4, 0.5) is 5.69 Å². The molecule has 0 aromatic heterocycles. The minimum absolute atomic E-state index is 0.0996. The summed E-state index contributed by atoms with van der Waals surface area (Å²) in [7, 11) is 1.64. The van der Waals surface area contributed by atoms with Crippen LogP contribution in [0.3, 0.4) is 0 Å². The number of nitrogens with one attached hydrogen (secondary N) is 1. The molecule has 0 radical (unpaired) electrons. The van der Waals surface area contributed by atoms with Crippen molar-refractivity contribution in [2.75, 3.05) is 32.2 Å². The van der Waals surface area contributed by atoms with Crippen LogP contribution in [0.1, 0.15) is 46.5 Å². The van der Waals surface area contributed by atoms with E-state index in [9.17, 15) is 4.79 Å². The van der Waals surface area contributed by atoms with Gasteiger partial charge in [-0.05, 0) is 44.0 Å². The zero-order chi connectivity index (χ0) is 17.8. The summed E-state index contributed by atoms with van der Waals surface area (Å²) in [6.45, 7) is 7.65. The number of unbranched alkanes of at least 4 members (excludes halogenated alkanes) is 1. The van der Waals surface area contributed by atoms with Crippen molar-refractivity contribution < 1.29 is 19.0 Å². The fraction of sp³-hybridized carbons (Fsp3) is 0.632. The Hall–Kier alpha value is -1.59. The normalized spacial score (nSPS) is 13.3. The summed E-state index contributed by atoms with van der Waals surface area (Å²) in [5, 5.41) is 2.95. The predicted molar refractivity (Wildman–Crippen MR) is 96.6 cm³/mol. The summed E-state index contributed by atoms with van der Waals surface area (Å²) in [6.07, 6.45) is 3.60. The number of carbonyl (C=O) groups is 1. The summed E-state index contributed by atoms with van der Waals surface area (Å²) in [4.78, 5) is 12.7. The number of hydrogen-bond donors (Lipinski definition) is 1. The van der Waals surface area contributed by atoms with Crippen LogP contribution in [0.5, 0.6) is 5.75 Å². The van der Waals surface area contributed by atoms with Gasteiger partial charge in [0.15, 0.2) is 0 Å². The van der Waals surface area contributed by atoms with Crippen molar-refractivity contribution in [2.45, 2.75) is 52.1 Å². The molecule has 5 heteroatoms. The molecule has 1 atom stereocenters. The Bertz CT molecular complexity index is 465. The largest absolute Gasteiger partial charge is 0.491 e. The second-order valence-corrected chi connectivity index (χ2v) is 6.00. The first-order valence-electron chi connectivity index (χ1n) is 8.73. The highest BCUT2D eigenvalue weighted by Crippen LogP contribution is 2.23. The maximum absolute atomic E-state index is 12.7. The van der Waals surface area contributed by atoms with E-state index in [4.69, 9.17) is 14.2 Å². The van der Waals surface area contributed by atoms with Crippen LogP contribution in [0.15, 0.2) is 24.3 Å². The third-order valence-electron chi connectivity index (χ3n) is 3.78. The first-order valence-corrected chi connectivity index (χ1v) is 8.73. The Balaban J connectivity index is 2.65. The van der Waals surface area contributed by atoms with Crippen molar-refractivity contribution in [1.29, 1.82) is 0 Å². The van der Waals surface area contributed by atoms with Gasteiger partial charge in [-0.3, -0.25) is 4.79 Å². The molecule has 0 bridgehead atoms. The molecule has 0 unspecified atom stereocenters. The van der Waals surface area contributed by atoms with Crippen LogP contribution in [0, 0.1) is 0 Å². The predicted octanol–water partition coefficient (Wildman–Crippen LogP) is 4.03. The molecule has 1 N–H and O–H groups in total. The summed E-state index contributed by atoms with van der Waals surface area (Å²) >= 11 is 0.